The highest BCUT2D eigenvalue weighted by Gasteiger charge is 2.43. The summed E-state index contributed by atoms with van der Waals surface area (Å²) in [5.74, 6) is 0.241. The second kappa shape index (κ2) is 7.64. The molecule has 9 heteroatoms. The number of rotatable bonds is 6. The van der Waals surface area contributed by atoms with Gasteiger partial charge in [-0.2, -0.15) is 4.98 Å². The summed E-state index contributed by atoms with van der Waals surface area (Å²) in [6.07, 6.45) is -1.62. The minimum atomic E-state index is -1.32. The van der Waals surface area contributed by atoms with Crippen LogP contribution in [0.2, 0.25) is 0 Å². The van der Waals surface area contributed by atoms with Crippen LogP contribution < -0.4 is 5.69 Å². The molecular weight excluding hydrogens is 304 g/mol. The highest BCUT2D eigenvalue weighted by molar-refractivity contribution is 5.59. The number of aromatic nitrogens is 2. The van der Waals surface area contributed by atoms with E-state index >= 15 is 0 Å². The van der Waals surface area contributed by atoms with Crippen LogP contribution in [0, 0.1) is 0 Å². The van der Waals surface area contributed by atoms with E-state index in [-0.39, 0.29) is 5.82 Å². The molecule has 1 unspecified atom stereocenters. The Morgan fingerprint density at radius 1 is 1.39 bits per heavy atom. The predicted molar refractivity (Wildman–Crippen MR) is 82.6 cm³/mol. The third kappa shape index (κ3) is 3.75. The van der Waals surface area contributed by atoms with E-state index in [1.807, 2.05) is 18.7 Å². The summed E-state index contributed by atoms with van der Waals surface area (Å²) in [6, 6.07) is 1.51. The molecular formula is C14H22N4O5. The van der Waals surface area contributed by atoms with Gasteiger partial charge in [0.15, 0.2) is 12.0 Å². The molecule has 0 spiro atoms. The lowest BCUT2D eigenvalue weighted by molar-refractivity contribution is -0.0549. The summed E-state index contributed by atoms with van der Waals surface area (Å²) in [5.41, 5.74) is -0.658. The first-order valence-electron chi connectivity index (χ1n) is 7.51. The molecule has 1 aromatic heterocycles. The first-order valence-corrected chi connectivity index (χ1v) is 7.51. The number of nitrogens with zero attached hydrogens (tertiary/aromatic N) is 4. The highest BCUT2D eigenvalue weighted by Crippen LogP contribution is 2.28. The third-order valence-electron chi connectivity index (χ3n) is 3.77. The van der Waals surface area contributed by atoms with Crippen LogP contribution in [0.15, 0.2) is 22.1 Å². The maximum atomic E-state index is 12.1. The summed E-state index contributed by atoms with van der Waals surface area (Å²) < 4.78 is 6.37. The van der Waals surface area contributed by atoms with Gasteiger partial charge in [-0.15, -0.1) is 0 Å². The van der Waals surface area contributed by atoms with Crippen molar-refractivity contribution in [2.24, 2.45) is 4.99 Å². The molecule has 1 aromatic rings. The zero-order valence-electron chi connectivity index (χ0n) is 13.1. The summed E-state index contributed by atoms with van der Waals surface area (Å²) in [5, 5.41) is 28.7. The fraction of sp³-hybridized carbons (Fsp3) is 0.643. The SMILES string of the molecule is CCN(C=Nc1ccn([C@@H]2O[C@H](CO)[C@H](O)C2O)c(=O)n1)CC. The van der Waals surface area contributed by atoms with Gasteiger partial charge in [0.2, 0.25) is 0 Å². The summed E-state index contributed by atoms with van der Waals surface area (Å²) in [7, 11) is 0. The Balaban J connectivity index is 2.19. The van der Waals surface area contributed by atoms with Crippen LogP contribution in [0.1, 0.15) is 20.1 Å². The Morgan fingerprint density at radius 2 is 2.09 bits per heavy atom. The van der Waals surface area contributed by atoms with Crippen LogP contribution in [0.5, 0.6) is 0 Å². The lowest BCUT2D eigenvalue weighted by Crippen LogP contribution is -2.35. The van der Waals surface area contributed by atoms with E-state index in [0.717, 1.165) is 17.7 Å². The molecule has 1 aliphatic rings. The molecule has 4 atom stereocenters. The van der Waals surface area contributed by atoms with E-state index in [1.165, 1.54) is 12.3 Å². The number of aliphatic imine (C=N–C) groups is 1. The molecule has 1 saturated heterocycles. The van der Waals surface area contributed by atoms with Crippen LogP contribution in [-0.4, -0.2) is 74.1 Å². The van der Waals surface area contributed by atoms with E-state index in [1.54, 1.807) is 6.34 Å². The number of hydrogen-bond donors (Lipinski definition) is 3. The van der Waals surface area contributed by atoms with Crippen molar-refractivity contribution >= 4 is 12.2 Å². The predicted octanol–water partition coefficient (Wildman–Crippen LogP) is -1.14. The van der Waals surface area contributed by atoms with Crippen molar-refractivity contribution in [3.8, 4) is 0 Å². The number of hydrogen-bond acceptors (Lipinski definition) is 7. The Hall–Kier alpha value is -1.81. The van der Waals surface area contributed by atoms with Gasteiger partial charge in [0.1, 0.15) is 18.3 Å². The van der Waals surface area contributed by atoms with E-state index in [4.69, 9.17) is 9.84 Å². The molecule has 0 radical (unpaired) electrons. The summed E-state index contributed by atoms with van der Waals surface area (Å²) in [6.45, 7) is 5.10. The molecule has 2 heterocycles. The van der Waals surface area contributed by atoms with Crippen LogP contribution in [-0.2, 0) is 4.74 Å². The van der Waals surface area contributed by atoms with E-state index in [0.29, 0.717) is 0 Å². The van der Waals surface area contributed by atoms with Gasteiger partial charge in [-0.25, -0.2) is 9.79 Å². The first kappa shape index (κ1) is 17.5. The fourth-order valence-corrected chi connectivity index (χ4v) is 2.31. The molecule has 0 aliphatic carbocycles. The monoisotopic (exact) mass is 326 g/mol. The first-order chi connectivity index (χ1) is 11.0. The molecule has 0 bridgehead atoms. The maximum absolute atomic E-state index is 12.1. The van der Waals surface area contributed by atoms with Crippen LogP contribution >= 0.6 is 0 Å². The van der Waals surface area contributed by atoms with Gasteiger partial charge in [-0.3, -0.25) is 4.57 Å². The zero-order valence-corrected chi connectivity index (χ0v) is 13.1. The van der Waals surface area contributed by atoms with Crippen molar-refractivity contribution < 1.29 is 20.1 Å². The standard InChI is InChI=1S/C14H22N4O5/c1-3-17(4-2)8-15-10-5-6-18(14(22)16-10)13-12(21)11(20)9(7-19)23-13/h5-6,8-9,11-13,19-21H,3-4,7H2,1-2H3/t9-,11+,12?,13-/m1/s1. The normalized spacial score (nSPS) is 27.7. The molecule has 0 amide bonds. The van der Waals surface area contributed by atoms with Gasteiger partial charge >= 0.3 is 5.69 Å². The Morgan fingerprint density at radius 3 is 2.61 bits per heavy atom. The second-order valence-electron chi connectivity index (χ2n) is 5.17. The molecule has 23 heavy (non-hydrogen) atoms. The largest absolute Gasteiger partial charge is 0.394 e. The second-order valence-corrected chi connectivity index (χ2v) is 5.17. The van der Waals surface area contributed by atoms with Crippen molar-refractivity contribution in [3.05, 3.63) is 22.7 Å². The molecule has 3 N–H and O–H groups in total. The fourth-order valence-electron chi connectivity index (χ4n) is 2.31. The van der Waals surface area contributed by atoms with Crippen molar-refractivity contribution in [2.75, 3.05) is 19.7 Å². The molecule has 2 rings (SSSR count). The van der Waals surface area contributed by atoms with Crippen LogP contribution in [0.4, 0.5) is 5.82 Å². The zero-order chi connectivity index (χ0) is 17.0. The van der Waals surface area contributed by atoms with Crippen molar-refractivity contribution in [1.29, 1.82) is 0 Å². The Labute approximate surface area is 133 Å². The van der Waals surface area contributed by atoms with Crippen LogP contribution in [0.3, 0.4) is 0 Å². The molecule has 9 nitrogen and oxygen atoms in total. The number of aliphatic hydroxyl groups is 3. The summed E-state index contributed by atoms with van der Waals surface area (Å²) >= 11 is 0. The van der Waals surface area contributed by atoms with Crippen molar-refractivity contribution in [3.63, 3.8) is 0 Å². The lowest BCUT2D eigenvalue weighted by atomic mass is 10.1. The van der Waals surface area contributed by atoms with Gasteiger partial charge in [0, 0.05) is 19.3 Å². The van der Waals surface area contributed by atoms with Gasteiger partial charge in [-0.05, 0) is 19.9 Å². The summed E-state index contributed by atoms with van der Waals surface area (Å²) in [4.78, 5) is 22.0. The smallest absolute Gasteiger partial charge is 0.351 e. The average Bonchev–Trinajstić information content (AvgIpc) is 2.84. The number of ether oxygens (including phenoxy) is 1. The molecule has 0 saturated carbocycles. The van der Waals surface area contributed by atoms with E-state index in [2.05, 4.69) is 9.98 Å². The molecule has 1 fully saturated rings. The molecule has 128 valence electrons. The van der Waals surface area contributed by atoms with E-state index in [9.17, 15) is 15.0 Å². The third-order valence-corrected chi connectivity index (χ3v) is 3.77. The maximum Gasteiger partial charge on any atom is 0.351 e. The quantitative estimate of drug-likeness (QED) is 0.446. The van der Waals surface area contributed by atoms with Crippen molar-refractivity contribution in [2.45, 2.75) is 38.4 Å². The Kier molecular flexibility index (Phi) is 5.83. The Bertz CT molecular complexity index is 601. The molecule has 0 aromatic carbocycles. The van der Waals surface area contributed by atoms with E-state index < -0.39 is 36.8 Å². The van der Waals surface area contributed by atoms with Gasteiger partial charge in [-0.1, -0.05) is 0 Å². The highest BCUT2D eigenvalue weighted by atomic mass is 16.6. The van der Waals surface area contributed by atoms with Crippen LogP contribution in [0.25, 0.3) is 0 Å². The van der Waals surface area contributed by atoms with Gasteiger partial charge in [0.25, 0.3) is 0 Å². The van der Waals surface area contributed by atoms with Gasteiger partial charge in [0.05, 0.1) is 12.9 Å². The van der Waals surface area contributed by atoms with Gasteiger partial charge < -0.3 is 25.0 Å². The number of aliphatic hydroxyl groups excluding tert-OH is 3. The minimum absolute atomic E-state index is 0.241. The lowest BCUT2D eigenvalue weighted by Gasteiger charge is -2.17. The average molecular weight is 326 g/mol. The van der Waals surface area contributed by atoms with Crippen molar-refractivity contribution in [1.82, 2.24) is 14.5 Å². The topological polar surface area (TPSA) is 120 Å². The minimum Gasteiger partial charge on any atom is -0.394 e. The molecule has 1 aliphatic heterocycles.